The van der Waals surface area contributed by atoms with E-state index in [4.69, 9.17) is 4.74 Å². The zero-order chi connectivity index (χ0) is 11.8. The van der Waals surface area contributed by atoms with Crippen molar-refractivity contribution in [1.82, 2.24) is 4.90 Å². The second kappa shape index (κ2) is 3.86. The van der Waals surface area contributed by atoms with E-state index >= 15 is 0 Å². The van der Waals surface area contributed by atoms with E-state index in [1.807, 2.05) is 0 Å². The molecule has 1 aromatic carbocycles. The highest BCUT2D eigenvalue weighted by Crippen LogP contribution is 2.34. The van der Waals surface area contributed by atoms with Gasteiger partial charge in [-0.25, -0.2) is 0 Å². The Morgan fingerprint density at radius 3 is 2.25 bits per heavy atom. The lowest BCUT2D eigenvalue weighted by molar-refractivity contribution is -0.106. The predicted molar refractivity (Wildman–Crippen MR) is 66.1 cm³/mol. The van der Waals surface area contributed by atoms with Gasteiger partial charge in [-0.2, -0.15) is 0 Å². The van der Waals surface area contributed by atoms with Gasteiger partial charge >= 0.3 is 0 Å². The van der Waals surface area contributed by atoms with Crippen LogP contribution >= 0.6 is 0 Å². The SMILES string of the molecule is CC1(C)CN(Cc2ccccc2)C(C)(C)O1. The van der Waals surface area contributed by atoms with Crippen molar-refractivity contribution in [3.63, 3.8) is 0 Å². The van der Waals surface area contributed by atoms with Crippen LogP contribution in [0.1, 0.15) is 33.3 Å². The van der Waals surface area contributed by atoms with Crippen LogP contribution in [0.4, 0.5) is 0 Å². The third-order valence-corrected chi connectivity index (χ3v) is 3.08. The van der Waals surface area contributed by atoms with Crippen molar-refractivity contribution >= 4 is 0 Å². The van der Waals surface area contributed by atoms with E-state index in [9.17, 15) is 0 Å². The zero-order valence-corrected chi connectivity index (χ0v) is 10.7. The van der Waals surface area contributed by atoms with E-state index in [0.29, 0.717) is 0 Å². The van der Waals surface area contributed by atoms with Gasteiger partial charge < -0.3 is 4.74 Å². The van der Waals surface area contributed by atoms with Gasteiger partial charge in [-0.1, -0.05) is 30.3 Å². The molecule has 0 spiro atoms. The van der Waals surface area contributed by atoms with E-state index in [2.05, 4.69) is 62.9 Å². The predicted octanol–water partition coefficient (Wildman–Crippen LogP) is 3.03. The van der Waals surface area contributed by atoms with Gasteiger partial charge in [0.05, 0.1) is 5.60 Å². The Labute approximate surface area is 98.2 Å². The van der Waals surface area contributed by atoms with Crippen molar-refractivity contribution in [3.8, 4) is 0 Å². The Balaban J connectivity index is 2.11. The molecule has 2 nitrogen and oxygen atoms in total. The van der Waals surface area contributed by atoms with Crippen LogP contribution in [0.25, 0.3) is 0 Å². The summed E-state index contributed by atoms with van der Waals surface area (Å²) in [6.07, 6.45) is 0. The largest absolute Gasteiger partial charge is 0.354 e. The molecule has 0 bridgehead atoms. The summed E-state index contributed by atoms with van der Waals surface area (Å²) < 4.78 is 6.05. The maximum Gasteiger partial charge on any atom is 0.117 e. The lowest BCUT2D eigenvalue weighted by Crippen LogP contribution is -2.38. The maximum atomic E-state index is 6.05. The minimum Gasteiger partial charge on any atom is -0.354 e. The highest BCUT2D eigenvalue weighted by Gasteiger charge is 2.43. The van der Waals surface area contributed by atoms with Crippen LogP contribution in [0.3, 0.4) is 0 Å². The van der Waals surface area contributed by atoms with Crippen LogP contribution in [-0.4, -0.2) is 22.8 Å². The fraction of sp³-hybridized carbons (Fsp3) is 0.571. The van der Waals surface area contributed by atoms with Gasteiger partial charge in [0.25, 0.3) is 0 Å². The second-order valence-electron chi connectivity index (χ2n) is 5.65. The van der Waals surface area contributed by atoms with Crippen molar-refractivity contribution in [1.29, 1.82) is 0 Å². The molecule has 2 heteroatoms. The van der Waals surface area contributed by atoms with Crippen molar-refractivity contribution in [2.24, 2.45) is 0 Å². The summed E-state index contributed by atoms with van der Waals surface area (Å²) in [6.45, 7) is 10.5. The Morgan fingerprint density at radius 2 is 1.75 bits per heavy atom. The van der Waals surface area contributed by atoms with Crippen molar-refractivity contribution in [3.05, 3.63) is 35.9 Å². The van der Waals surface area contributed by atoms with Gasteiger partial charge in [-0.15, -0.1) is 0 Å². The molecule has 1 aliphatic heterocycles. The molecule has 1 heterocycles. The van der Waals surface area contributed by atoms with Crippen LogP contribution in [-0.2, 0) is 11.3 Å². The summed E-state index contributed by atoms with van der Waals surface area (Å²) in [7, 11) is 0. The van der Waals surface area contributed by atoms with Crippen LogP contribution in [0.5, 0.6) is 0 Å². The first kappa shape index (κ1) is 11.6. The number of rotatable bonds is 2. The lowest BCUT2D eigenvalue weighted by Gasteiger charge is -2.30. The first-order chi connectivity index (χ1) is 7.39. The van der Waals surface area contributed by atoms with Crippen LogP contribution in [0.2, 0.25) is 0 Å². The summed E-state index contributed by atoms with van der Waals surface area (Å²) in [5.74, 6) is 0. The van der Waals surface area contributed by atoms with E-state index in [1.54, 1.807) is 0 Å². The first-order valence-corrected chi connectivity index (χ1v) is 5.88. The molecule has 16 heavy (non-hydrogen) atoms. The average Bonchev–Trinajstić information content (AvgIpc) is 2.36. The highest BCUT2D eigenvalue weighted by molar-refractivity contribution is 5.15. The minimum atomic E-state index is -0.167. The Hall–Kier alpha value is -0.860. The third kappa shape index (κ3) is 2.45. The number of benzene rings is 1. The highest BCUT2D eigenvalue weighted by atomic mass is 16.6. The van der Waals surface area contributed by atoms with Gasteiger partial charge in [0.1, 0.15) is 5.72 Å². The first-order valence-electron chi connectivity index (χ1n) is 5.88. The molecule has 0 unspecified atom stereocenters. The van der Waals surface area contributed by atoms with Gasteiger partial charge in [0.15, 0.2) is 0 Å². The van der Waals surface area contributed by atoms with Crippen LogP contribution in [0, 0.1) is 0 Å². The zero-order valence-electron chi connectivity index (χ0n) is 10.7. The van der Waals surface area contributed by atoms with Crippen molar-refractivity contribution in [2.75, 3.05) is 6.54 Å². The molecular weight excluding hydrogens is 198 g/mol. The molecule has 1 saturated heterocycles. The summed E-state index contributed by atoms with van der Waals surface area (Å²) in [5.41, 5.74) is 1.13. The molecule has 0 radical (unpaired) electrons. The molecule has 88 valence electrons. The number of hydrogen-bond acceptors (Lipinski definition) is 2. The second-order valence-corrected chi connectivity index (χ2v) is 5.65. The fourth-order valence-electron chi connectivity index (χ4n) is 2.47. The van der Waals surface area contributed by atoms with Gasteiger partial charge in [0, 0.05) is 13.1 Å². The minimum absolute atomic E-state index is 0.0434. The van der Waals surface area contributed by atoms with E-state index in [1.165, 1.54) is 5.56 Å². The summed E-state index contributed by atoms with van der Waals surface area (Å²) in [5, 5.41) is 0. The molecule has 1 fully saturated rings. The molecule has 0 aliphatic carbocycles. The van der Waals surface area contributed by atoms with Gasteiger partial charge in [-0.05, 0) is 33.3 Å². The molecular formula is C14H21NO. The quantitative estimate of drug-likeness (QED) is 0.758. The normalized spacial score (nSPS) is 23.5. The summed E-state index contributed by atoms with van der Waals surface area (Å²) in [6, 6.07) is 10.6. The molecule has 0 amide bonds. The van der Waals surface area contributed by atoms with Crippen LogP contribution in [0.15, 0.2) is 30.3 Å². The topological polar surface area (TPSA) is 12.5 Å². The molecule has 1 aromatic rings. The molecule has 2 rings (SSSR count). The molecule has 1 aliphatic rings. The van der Waals surface area contributed by atoms with Crippen molar-refractivity contribution in [2.45, 2.75) is 45.6 Å². The maximum absolute atomic E-state index is 6.05. The summed E-state index contributed by atoms with van der Waals surface area (Å²) >= 11 is 0. The monoisotopic (exact) mass is 219 g/mol. The Morgan fingerprint density at radius 1 is 1.12 bits per heavy atom. The van der Waals surface area contributed by atoms with Crippen molar-refractivity contribution < 1.29 is 4.74 Å². The van der Waals surface area contributed by atoms with Gasteiger partial charge in [0.2, 0.25) is 0 Å². The van der Waals surface area contributed by atoms with E-state index in [0.717, 1.165) is 13.1 Å². The Bertz CT molecular complexity index is 356. The summed E-state index contributed by atoms with van der Waals surface area (Å²) in [4.78, 5) is 2.39. The fourth-order valence-corrected chi connectivity index (χ4v) is 2.47. The molecule has 0 aromatic heterocycles. The van der Waals surface area contributed by atoms with Gasteiger partial charge in [-0.3, -0.25) is 4.90 Å². The van der Waals surface area contributed by atoms with Crippen LogP contribution < -0.4 is 0 Å². The number of nitrogens with zero attached hydrogens (tertiary/aromatic N) is 1. The number of ether oxygens (including phenoxy) is 1. The van der Waals surface area contributed by atoms with E-state index < -0.39 is 0 Å². The molecule has 0 saturated carbocycles. The Kier molecular flexibility index (Phi) is 2.81. The molecule has 0 N–H and O–H groups in total. The smallest absolute Gasteiger partial charge is 0.117 e. The third-order valence-electron chi connectivity index (χ3n) is 3.08. The lowest BCUT2D eigenvalue weighted by atomic mass is 10.1. The molecule has 0 atom stereocenters. The number of hydrogen-bond donors (Lipinski definition) is 0. The van der Waals surface area contributed by atoms with E-state index in [-0.39, 0.29) is 11.3 Å². The standard InChI is InChI=1S/C14H21NO/c1-13(2)11-15(14(3,4)16-13)10-12-8-6-5-7-9-12/h5-9H,10-11H2,1-4H3. The average molecular weight is 219 g/mol.